The smallest absolute Gasteiger partial charge is 0.356 e. The van der Waals surface area contributed by atoms with E-state index in [0.717, 1.165) is 0 Å². The van der Waals surface area contributed by atoms with E-state index in [1.807, 2.05) is 0 Å². The second-order valence-corrected chi connectivity index (χ2v) is 6.46. The Morgan fingerprint density at radius 3 is 2.57 bits per heavy atom. The summed E-state index contributed by atoms with van der Waals surface area (Å²) in [5, 5.41) is 10.5. The van der Waals surface area contributed by atoms with Crippen molar-refractivity contribution in [3.63, 3.8) is 0 Å². The molecule has 0 saturated carbocycles. The minimum atomic E-state index is -3.80. The molecule has 7 N–H and O–H groups in total. The number of methoxy groups -OCH3 is 1. The first-order valence-corrected chi connectivity index (χ1v) is 8.31. The standard InChI is InChI=1S/C13H20N4O5S/c1-22-9-4-6-10(7-5-9)23(20,21)17-13(15)16-8-2-3-11(14)12(18)19/h4-7,11H,2-3,8,14H2,1H3,(H,18,19)(H3,15,16,17)/p+1/t11-/m0/s1. The van der Waals surface area contributed by atoms with Crippen LogP contribution in [0.3, 0.4) is 0 Å². The third-order valence-electron chi connectivity index (χ3n) is 2.99. The van der Waals surface area contributed by atoms with Crippen LogP contribution in [0.25, 0.3) is 0 Å². The molecule has 0 heterocycles. The van der Waals surface area contributed by atoms with E-state index in [4.69, 9.17) is 10.5 Å². The van der Waals surface area contributed by atoms with Gasteiger partial charge in [-0.25, -0.2) is 0 Å². The molecular weight excluding hydrogens is 324 g/mol. The molecule has 0 saturated heterocycles. The highest BCUT2D eigenvalue weighted by Crippen LogP contribution is 2.14. The molecule has 0 spiro atoms. The van der Waals surface area contributed by atoms with Gasteiger partial charge in [0.05, 0.1) is 19.6 Å². The van der Waals surface area contributed by atoms with Crippen molar-refractivity contribution in [2.24, 2.45) is 5.73 Å². The Labute approximate surface area is 134 Å². The first kappa shape index (κ1) is 18.7. The second-order valence-electron chi connectivity index (χ2n) is 4.78. The molecule has 1 atom stereocenters. The minimum absolute atomic E-state index is 0.0397. The molecule has 9 nitrogen and oxygen atoms in total. The van der Waals surface area contributed by atoms with Crippen molar-refractivity contribution in [2.75, 3.05) is 13.7 Å². The molecule has 10 heteroatoms. The van der Waals surface area contributed by atoms with Crippen molar-refractivity contribution in [1.29, 1.82) is 0 Å². The van der Waals surface area contributed by atoms with Gasteiger partial charge < -0.3 is 20.4 Å². The Hall–Kier alpha value is -2.33. The molecule has 0 radical (unpaired) electrons. The number of carboxylic acid groups (broad SMARTS) is 1. The van der Waals surface area contributed by atoms with E-state index in [2.05, 4.69) is 15.4 Å². The number of ether oxygens (including phenoxy) is 1. The molecule has 0 aliphatic carbocycles. The number of benzene rings is 1. The highest BCUT2D eigenvalue weighted by molar-refractivity contribution is 7.90. The van der Waals surface area contributed by atoms with Crippen LogP contribution in [-0.4, -0.2) is 40.0 Å². The predicted octanol–water partition coefficient (Wildman–Crippen LogP) is -4.49. The van der Waals surface area contributed by atoms with E-state index < -0.39 is 22.0 Å². The van der Waals surface area contributed by atoms with Crippen LogP contribution in [0.2, 0.25) is 0 Å². The van der Waals surface area contributed by atoms with Gasteiger partial charge in [0.25, 0.3) is 0 Å². The maximum Gasteiger partial charge on any atom is 0.356 e. The zero-order valence-electron chi connectivity index (χ0n) is 12.7. The molecule has 0 bridgehead atoms. The predicted molar refractivity (Wildman–Crippen MR) is 79.3 cm³/mol. The summed E-state index contributed by atoms with van der Waals surface area (Å²) < 4.78 is 31.3. The van der Waals surface area contributed by atoms with Gasteiger partial charge in [0.1, 0.15) is 16.7 Å². The Morgan fingerprint density at radius 2 is 2.04 bits per heavy atom. The average Bonchev–Trinajstić information content (AvgIpc) is 2.50. The lowest BCUT2D eigenvalue weighted by Crippen LogP contribution is -2.79. The van der Waals surface area contributed by atoms with Crippen LogP contribution < -0.4 is 31.0 Å². The molecule has 128 valence electrons. The number of hydrogen-bond acceptors (Lipinski definition) is 5. The molecule has 0 aliphatic heterocycles. The fraction of sp³-hybridized carbons (Fsp3) is 0.385. The van der Waals surface area contributed by atoms with Gasteiger partial charge in [-0.1, -0.05) is 0 Å². The Balaban J connectivity index is 2.58. The number of nitrogens with two attached hydrogens (primary N) is 1. The molecule has 1 aromatic carbocycles. The molecule has 0 aliphatic rings. The fourth-order valence-electron chi connectivity index (χ4n) is 1.68. The van der Waals surface area contributed by atoms with E-state index in [1.54, 1.807) is 0 Å². The van der Waals surface area contributed by atoms with Crippen molar-refractivity contribution in [3.05, 3.63) is 24.3 Å². The highest BCUT2D eigenvalue weighted by atomic mass is 32.2. The minimum Gasteiger partial charge on any atom is -0.544 e. The maximum atomic E-state index is 12.1. The average molecular weight is 345 g/mol. The van der Waals surface area contributed by atoms with Gasteiger partial charge in [0.15, 0.2) is 0 Å². The molecule has 1 rings (SSSR count). The number of carboxylic acids is 1. The zero-order valence-corrected chi connectivity index (χ0v) is 13.6. The Kier molecular flexibility index (Phi) is 6.79. The third-order valence-corrected chi connectivity index (χ3v) is 4.37. The first-order chi connectivity index (χ1) is 10.8. The molecule has 0 amide bonds. The first-order valence-electron chi connectivity index (χ1n) is 6.83. The lowest BCUT2D eigenvalue weighted by Gasteiger charge is -2.07. The van der Waals surface area contributed by atoms with Gasteiger partial charge >= 0.3 is 16.0 Å². The number of sulfonamides is 1. The lowest BCUT2D eigenvalue weighted by atomic mass is 10.2. The van der Waals surface area contributed by atoms with Gasteiger partial charge in [-0.15, -0.1) is 0 Å². The van der Waals surface area contributed by atoms with Crippen LogP contribution in [0.1, 0.15) is 12.8 Å². The summed E-state index contributed by atoms with van der Waals surface area (Å²) in [6, 6.07) is 5.01. The number of carbonyl (C=O) groups is 1. The van der Waals surface area contributed by atoms with Gasteiger partial charge in [-0.3, -0.25) is 10.7 Å². The normalized spacial score (nSPS) is 13.4. The zero-order chi connectivity index (χ0) is 17.5. The van der Waals surface area contributed by atoms with E-state index in [-0.39, 0.29) is 10.9 Å². The molecule has 1 aromatic rings. The van der Waals surface area contributed by atoms with E-state index in [0.29, 0.717) is 25.1 Å². The lowest BCUT2D eigenvalue weighted by molar-refractivity contribution is -0.467. The van der Waals surface area contributed by atoms with E-state index >= 15 is 0 Å². The van der Waals surface area contributed by atoms with Crippen molar-refractivity contribution < 1.29 is 33.8 Å². The molecule has 0 aromatic heterocycles. The summed E-state index contributed by atoms with van der Waals surface area (Å²) in [5.74, 6) is -0.827. The monoisotopic (exact) mass is 345 g/mol. The summed E-state index contributed by atoms with van der Waals surface area (Å²) in [7, 11) is -2.32. The SMILES string of the molecule is COc1ccc(S(=O)(=O)NC(N)=[NH+]CCC[C@H]([NH3+])C(=O)[O-])cc1. The van der Waals surface area contributed by atoms with Crippen molar-refractivity contribution in [2.45, 2.75) is 23.8 Å². The number of rotatable bonds is 8. The third kappa shape index (κ3) is 6.12. The summed E-state index contributed by atoms with van der Waals surface area (Å²) in [5.41, 5.74) is 8.99. The molecule has 0 unspecified atom stereocenters. The number of nitrogens with one attached hydrogen (secondary N) is 2. The maximum absolute atomic E-state index is 12.1. The van der Waals surface area contributed by atoms with Crippen molar-refractivity contribution in [3.8, 4) is 5.75 Å². The van der Waals surface area contributed by atoms with Gasteiger partial charge in [0.2, 0.25) is 0 Å². The van der Waals surface area contributed by atoms with Crippen LogP contribution in [0, 0.1) is 0 Å². The summed E-state index contributed by atoms with van der Waals surface area (Å²) in [6.45, 7) is 0.302. The van der Waals surface area contributed by atoms with Crippen molar-refractivity contribution >= 4 is 22.0 Å². The Morgan fingerprint density at radius 1 is 1.43 bits per heavy atom. The molecule has 0 fully saturated rings. The van der Waals surface area contributed by atoms with Gasteiger partial charge in [-0.05, 0) is 30.7 Å². The van der Waals surface area contributed by atoms with Crippen molar-refractivity contribution in [1.82, 2.24) is 4.72 Å². The fourth-order valence-corrected chi connectivity index (χ4v) is 2.66. The quantitative estimate of drug-likeness (QED) is 0.211. The number of carbonyl (C=O) groups excluding carboxylic acids is 1. The number of guanidine groups is 1. The number of aliphatic carboxylic acids is 1. The van der Waals surface area contributed by atoms with Crippen LogP contribution in [0.4, 0.5) is 0 Å². The summed E-state index contributed by atoms with van der Waals surface area (Å²) in [4.78, 5) is 13.2. The topological polar surface area (TPSA) is 163 Å². The highest BCUT2D eigenvalue weighted by Gasteiger charge is 2.19. The summed E-state index contributed by atoms with van der Waals surface area (Å²) >= 11 is 0. The Bertz CT molecular complexity index is 657. The number of quaternary nitrogens is 1. The largest absolute Gasteiger partial charge is 0.544 e. The van der Waals surface area contributed by atoms with Crippen LogP contribution in [-0.2, 0) is 14.8 Å². The molecular formula is C13H21N4O5S+. The molecule has 23 heavy (non-hydrogen) atoms. The van der Waals surface area contributed by atoms with Crippen LogP contribution >= 0.6 is 0 Å². The van der Waals surface area contributed by atoms with Gasteiger partial charge in [-0.2, -0.15) is 13.1 Å². The van der Waals surface area contributed by atoms with Crippen LogP contribution in [0.5, 0.6) is 5.75 Å². The summed E-state index contributed by atoms with van der Waals surface area (Å²) in [6.07, 6.45) is 0.751. The number of hydrogen-bond donors (Lipinski definition) is 4. The second kappa shape index (κ2) is 8.34. The van der Waals surface area contributed by atoms with E-state index in [1.165, 1.54) is 31.4 Å². The van der Waals surface area contributed by atoms with Gasteiger partial charge in [0, 0.05) is 6.42 Å². The van der Waals surface area contributed by atoms with Crippen LogP contribution in [0.15, 0.2) is 29.2 Å². The van der Waals surface area contributed by atoms with E-state index in [9.17, 15) is 18.3 Å².